The van der Waals surface area contributed by atoms with Gasteiger partial charge in [0.2, 0.25) is 5.82 Å². The van der Waals surface area contributed by atoms with E-state index >= 15 is 0 Å². The first-order valence-electron chi connectivity index (χ1n) is 5.34. The summed E-state index contributed by atoms with van der Waals surface area (Å²) in [6.07, 6.45) is -5.09. The van der Waals surface area contributed by atoms with E-state index in [4.69, 9.17) is 10.8 Å². The molecule has 0 fully saturated rings. The Morgan fingerprint density at radius 3 is 2.68 bits per heavy atom. The summed E-state index contributed by atoms with van der Waals surface area (Å²) in [6.45, 7) is -0.315. The lowest BCUT2D eigenvalue weighted by Crippen LogP contribution is -2.16. The molecule has 0 atom stereocenters. The topological polar surface area (TPSA) is 81.1 Å². The third-order valence-corrected chi connectivity index (χ3v) is 2.61. The predicted octanol–water partition coefficient (Wildman–Crippen LogP) is 2.11. The minimum atomic E-state index is -4.66. The Hall–Kier alpha value is -2.25. The number of benzene rings is 1. The van der Waals surface area contributed by atoms with Crippen molar-refractivity contribution in [2.45, 2.75) is 19.1 Å². The highest BCUT2D eigenvalue weighted by molar-refractivity contribution is 5.87. The summed E-state index contributed by atoms with van der Waals surface area (Å²) in [7, 11) is 0. The number of aryl methyl sites for hydroxylation is 1. The minimum absolute atomic E-state index is 0.0280. The Bertz CT molecular complexity index is 634. The van der Waals surface area contributed by atoms with Crippen molar-refractivity contribution in [3.63, 3.8) is 0 Å². The normalized spacial score (nSPS) is 11.9. The van der Waals surface area contributed by atoms with E-state index in [0.29, 0.717) is 0 Å². The molecule has 0 unspecified atom stereocenters. The molecule has 3 N–H and O–H groups in total. The summed E-state index contributed by atoms with van der Waals surface area (Å²) >= 11 is 0. The first-order chi connectivity index (χ1) is 8.80. The van der Waals surface area contributed by atoms with Crippen molar-refractivity contribution in [2.75, 3.05) is 5.73 Å². The van der Waals surface area contributed by atoms with Crippen LogP contribution >= 0.6 is 0 Å². The third-order valence-electron chi connectivity index (χ3n) is 2.61. The fourth-order valence-corrected chi connectivity index (χ4v) is 1.82. The molecule has 1 heterocycles. The Labute approximate surface area is 105 Å². The predicted molar refractivity (Wildman–Crippen MR) is 61.4 cm³/mol. The summed E-state index contributed by atoms with van der Waals surface area (Å²) in [5.41, 5.74) is 5.90. The average Bonchev–Trinajstić information content (AvgIpc) is 2.66. The van der Waals surface area contributed by atoms with E-state index in [0.717, 1.165) is 4.57 Å². The number of carbonyl (C=O) groups is 1. The maximum atomic E-state index is 12.9. The largest absolute Gasteiger partial charge is 0.481 e. The summed E-state index contributed by atoms with van der Waals surface area (Å²) in [5, 5.41) is 8.59. The lowest BCUT2D eigenvalue weighted by atomic mass is 10.2. The highest BCUT2D eigenvalue weighted by atomic mass is 19.4. The number of hydrogen-bond donors (Lipinski definition) is 2. The van der Waals surface area contributed by atoms with Crippen LogP contribution in [-0.2, 0) is 17.5 Å². The molecule has 2 aromatic rings. The van der Waals surface area contributed by atoms with Crippen LogP contribution in [0.15, 0.2) is 18.2 Å². The third kappa shape index (κ3) is 2.47. The van der Waals surface area contributed by atoms with Gasteiger partial charge in [0.25, 0.3) is 0 Å². The maximum absolute atomic E-state index is 12.9. The molecule has 0 radical (unpaired) electrons. The summed E-state index contributed by atoms with van der Waals surface area (Å²) < 4.78 is 39.4. The van der Waals surface area contributed by atoms with Crippen LogP contribution in [0.2, 0.25) is 0 Å². The SMILES string of the molecule is Nc1cccc2c1nc(C(F)(F)F)n2CCC(=O)O. The second-order valence-corrected chi connectivity index (χ2v) is 3.94. The average molecular weight is 273 g/mol. The molecule has 19 heavy (non-hydrogen) atoms. The number of fused-ring (bicyclic) bond motifs is 1. The molecule has 0 saturated carbocycles. The number of imidazole rings is 1. The van der Waals surface area contributed by atoms with Crippen LogP contribution < -0.4 is 5.73 Å². The van der Waals surface area contributed by atoms with Crippen LogP contribution in [0.25, 0.3) is 11.0 Å². The molecule has 0 aliphatic carbocycles. The monoisotopic (exact) mass is 273 g/mol. The quantitative estimate of drug-likeness (QED) is 0.839. The fourth-order valence-electron chi connectivity index (χ4n) is 1.82. The van der Waals surface area contributed by atoms with Gasteiger partial charge in [0, 0.05) is 6.54 Å². The number of halogens is 3. The van der Waals surface area contributed by atoms with Crippen LogP contribution in [0.5, 0.6) is 0 Å². The number of anilines is 1. The van der Waals surface area contributed by atoms with E-state index in [1.54, 1.807) is 0 Å². The molecule has 0 bridgehead atoms. The second kappa shape index (κ2) is 4.45. The van der Waals surface area contributed by atoms with Crippen LogP contribution in [0.4, 0.5) is 18.9 Å². The number of nitrogen functional groups attached to an aromatic ring is 1. The Morgan fingerprint density at radius 1 is 1.42 bits per heavy atom. The van der Waals surface area contributed by atoms with Crippen molar-refractivity contribution in [3.05, 3.63) is 24.0 Å². The minimum Gasteiger partial charge on any atom is -0.481 e. The number of rotatable bonds is 3. The first-order valence-corrected chi connectivity index (χ1v) is 5.34. The van der Waals surface area contributed by atoms with Crippen molar-refractivity contribution in [3.8, 4) is 0 Å². The molecule has 5 nitrogen and oxygen atoms in total. The Kier molecular flexibility index (Phi) is 3.09. The zero-order valence-electron chi connectivity index (χ0n) is 9.61. The maximum Gasteiger partial charge on any atom is 0.449 e. The Balaban J connectivity index is 2.62. The molecule has 1 aromatic heterocycles. The molecular weight excluding hydrogens is 263 g/mol. The van der Waals surface area contributed by atoms with Crippen LogP contribution in [0.3, 0.4) is 0 Å². The smallest absolute Gasteiger partial charge is 0.449 e. The molecule has 0 saturated heterocycles. The Morgan fingerprint density at radius 2 is 2.11 bits per heavy atom. The van der Waals surface area contributed by atoms with Crippen LogP contribution in [0, 0.1) is 0 Å². The second-order valence-electron chi connectivity index (χ2n) is 3.94. The molecule has 2 rings (SSSR count). The van der Waals surface area contributed by atoms with Gasteiger partial charge in [-0.25, -0.2) is 4.98 Å². The molecule has 0 spiro atoms. The zero-order chi connectivity index (χ0) is 14.2. The number of nitrogens with two attached hydrogens (primary N) is 1. The first kappa shape index (κ1) is 13.2. The number of carboxylic acids is 1. The van der Waals surface area contributed by atoms with Crippen LogP contribution in [-0.4, -0.2) is 20.6 Å². The summed E-state index contributed by atoms with van der Waals surface area (Å²) in [4.78, 5) is 14.0. The fraction of sp³-hybridized carbons (Fsp3) is 0.273. The van der Waals surface area contributed by atoms with Gasteiger partial charge in [-0.1, -0.05) is 6.07 Å². The molecule has 102 valence electrons. The van der Waals surface area contributed by atoms with Gasteiger partial charge in [0.1, 0.15) is 5.52 Å². The molecule has 0 aliphatic rings. The lowest BCUT2D eigenvalue weighted by Gasteiger charge is -2.09. The van der Waals surface area contributed by atoms with Crippen molar-refractivity contribution in [2.24, 2.45) is 0 Å². The van der Waals surface area contributed by atoms with E-state index in [2.05, 4.69) is 4.98 Å². The number of alkyl halides is 3. The van der Waals surface area contributed by atoms with Crippen molar-refractivity contribution in [1.82, 2.24) is 9.55 Å². The number of para-hydroxylation sites is 1. The summed E-state index contributed by atoms with van der Waals surface area (Å²) in [5.74, 6) is -2.32. The summed E-state index contributed by atoms with van der Waals surface area (Å²) in [6, 6.07) is 4.36. The standard InChI is InChI=1S/C11H10F3N3O2/c12-11(13,14)10-16-9-6(15)2-1-3-7(9)17(10)5-4-8(18)19/h1-3H,4-5,15H2,(H,18,19). The van der Waals surface area contributed by atoms with E-state index in [1.165, 1.54) is 18.2 Å². The van der Waals surface area contributed by atoms with Gasteiger partial charge in [0.15, 0.2) is 0 Å². The number of aromatic nitrogens is 2. The van der Waals surface area contributed by atoms with Gasteiger partial charge in [-0.15, -0.1) is 0 Å². The number of carboxylic acid groups (broad SMARTS) is 1. The highest BCUT2D eigenvalue weighted by Crippen LogP contribution is 2.33. The van der Waals surface area contributed by atoms with Gasteiger partial charge >= 0.3 is 12.1 Å². The number of hydrogen-bond acceptors (Lipinski definition) is 3. The van der Waals surface area contributed by atoms with Gasteiger partial charge < -0.3 is 15.4 Å². The van der Waals surface area contributed by atoms with Crippen molar-refractivity contribution >= 4 is 22.7 Å². The molecule has 0 amide bonds. The number of aliphatic carboxylic acids is 1. The van der Waals surface area contributed by atoms with E-state index in [-0.39, 0.29) is 23.3 Å². The molecule has 1 aromatic carbocycles. The van der Waals surface area contributed by atoms with E-state index < -0.39 is 24.4 Å². The van der Waals surface area contributed by atoms with Crippen LogP contribution in [0.1, 0.15) is 12.2 Å². The van der Waals surface area contributed by atoms with Gasteiger partial charge in [-0.3, -0.25) is 4.79 Å². The van der Waals surface area contributed by atoms with Gasteiger partial charge in [-0.2, -0.15) is 13.2 Å². The van der Waals surface area contributed by atoms with Gasteiger partial charge in [-0.05, 0) is 12.1 Å². The molecule has 0 aliphatic heterocycles. The van der Waals surface area contributed by atoms with Crippen molar-refractivity contribution < 1.29 is 23.1 Å². The zero-order valence-corrected chi connectivity index (χ0v) is 9.61. The van der Waals surface area contributed by atoms with E-state index in [9.17, 15) is 18.0 Å². The van der Waals surface area contributed by atoms with Crippen molar-refractivity contribution in [1.29, 1.82) is 0 Å². The number of nitrogens with zero attached hydrogens (tertiary/aromatic N) is 2. The van der Waals surface area contributed by atoms with Gasteiger partial charge in [0.05, 0.1) is 17.6 Å². The van der Waals surface area contributed by atoms with E-state index in [1.807, 2.05) is 0 Å². The highest BCUT2D eigenvalue weighted by Gasteiger charge is 2.37. The molecular formula is C11H10F3N3O2. The molecule has 8 heteroatoms. The lowest BCUT2D eigenvalue weighted by molar-refractivity contribution is -0.148.